The molecule has 3 N–H and O–H groups in total. The molecule has 2 unspecified atom stereocenters. The summed E-state index contributed by atoms with van der Waals surface area (Å²) in [4.78, 5) is 11.2. The highest BCUT2D eigenvalue weighted by Gasteiger charge is 2.30. The summed E-state index contributed by atoms with van der Waals surface area (Å²) >= 11 is 0. The van der Waals surface area contributed by atoms with Crippen molar-refractivity contribution in [3.8, 4) is 0 Å². The predicted octanol–water partition coefficient (Wildman–Crippen LogP) is 3.62. The number of nitrogens with two attached hydrogens (primary N) is 1. The van der Waals surface area contributed by atoms with Crippen molar-refractivity contribution in [3.05, 3.63) is 0 Å². The first-order chi connectivity index (χ1) is 9.86. The van der Waals surface area contributed by atoms with Crippen molar-refractivity contribution in [2.24, 2.45) is 23.0 Å². The molecule has 0 radical (unpaired) electrons. The van der Waals surface area contributed by atoms with Crippen molar-refractivity contribution < 1.29 is 4.79 Å². The van der Waals surface area contributed by atoms with Gasteiger partial charge in [0.1, 0.15) is 0 Å². The highest BCUT2D eigenvalue weighted by atomic mass is 16.1. The summed E-state index contributed by atoms with van der Waals surface area (Å²) in [6, 6.07) is 1.30. The van der Waals surface area contributed by atoms with E-state index in [2.05, 4.69) is 26.1 Å². The first kappa shape index (κ1) is 16.8. The highest BCUT2D eigenvalue weighted by molar-refractivity contribution is 5.76. The lowest BCUT2D eigenvalue weighted by atomic mass is 9.76. The monoisotopic (exact) mass is 294 g/mol. The molecule has 3 heteroatoms. The summed E-state index contributed by atoms with van der Waals surface area (Å²) in [5.41, 5.74) is 5.87. The van der Waals surface area contributed by atoms with Gasteiger partial charge in [0.05, 0.1) is 0 Å². The summed E-state index contributed by atoms with van der Waals surface area (Å²) in [6.45, 7) is 7.16. The number of carbonyl (C=O) groups is 1. The molecule has 2 atom stereocenters. The smallest absolute Gasteiger partial charge is 0.220 e. The fourth-order valence-corrected chi connectivity index (χ4v) is 4.21. The number of rotatable bonds is 3. The normalized spacial score (nSPS) is 35.2. The van der Waals surface area contributed by atoms with Crippen LogP contribution in [0.2, 0.25) is 0 Å². The second-order valence-electron chi connectivity index (χ2n) is 8.39. The van der Waals surface area contributed by atoms with Crippen LogP contribution >= 0.6 is 0 Å². The summed E-state index contributed by atoms with van der Waals surface area (Å²) in [6.07, 6.45) is 10.9. The van der Waals surface area contributed by atoms with Crippen LogP contribution in [0.1, 0.15) is 78.6 Å². The Morgan fingerprint density at radius 1 is 0.905 bits per heavy atom. The molecule has 3 nitrogen and oxygen atoms in total. The first-order valence-corrected chi connectivity index (χ1v) is 8.91. The molecule has 1 amide bonds. The molecule has 0 aromatic carbocycles. The van der Waals surface area contributed by atoms with Gasteiger partial charge in [-0.3, -0.25) is 4.79 Å². The third-order valence-corrected chi connectivity index (χ3v) is 5.79. The molecule has 0 saturated heterocycles. The van der Waals surface area contributed by atoms with Crippen molar-refractivity contribution in [1.29, 1.82) is 0 Å². The highest BCUT2D eigenvalue weighted by Crippen LogP contribution is 2.37. The molecule has 0 aromatic rings. The molecule has 2 saturated carbocycles. The van der Waals surface area contributed by atoms with E-state index in [-0.39, 0.29) is 11.8 Å². The fraction of sp³-hybridized carbons (Fsp3) is 0.944. The Kier molecular flexibility index (Phi) is 5.70. The zero-order valence-electron chi connectivity index (χ0n) is 14.2. The van der Waals surface area contributed by atoms with Crippen molar-refractivity contribution in [2.75, 3.05) is 0 Å². The molecule has 0 spiro atoms. The molecule has 122 valence electrons. The van der Waals surface area contributed by atoms with Gasteiger partial charge in [-0.2, -0.15) is 0 Å². The zero-order valence-corrected chi connectivity index (χ0v) is 14.2. The SMILES string of the molecule is CC(C)(C)C1CCCC(NC2CCC(C(N)=O)CC2)CC1. The van der Waals surface area contributed by atoms with Crippen LogP contribution in [0.3, 0.4) is 0 Å². The van der Waals surface area contributed by atoms with Crippen molar-refractivity contribution in [3.63, 3.8) is 0 Å². The molecule has 21 heavy (non-hydrogen) atoms. The molecule has 0 aliphatic heterocycles. The number of hydrogen-bond donors (Lipinski definition) is 2. The quantitative estimate of drug-likeness (QED) is 0.781. The van der Waals surface area contributed by atoms with E-state index in [9.17, 15) is 4.79 Å². The van der Waals surface area contributed by atoms with Crippen LogP contribution in [0.5, 0.6) is 0 Å². The maximum Gasteiger partial charge on any atom is 0.220 e. The maximum absolute atomic E-state index is 11.2. The average molecular weight is 294 g/mol. The Balaban J connectivity index is 1.76. The van der Waals surface area contributed by atoms with E-state index >= 15 is 0 Å². The number of carbonyl (C=O) groups excluding carboxylic acids is 1. The van der Waals surface area contributed by atoms with E-state index < -0.39 is 0 Å². The molecule has 0 heterocycles. The Morgan fingerprint density at radius 2 is 1.48 bits per heavy atom. The fourth-order valence-electron chi connectivity index (χ4n) is 4.21. The van der Waals surface area contributed by atoms with E-state index in [0.29, 0.717) is 17.5 Å². The van der Waals surface area contributed by atoms with Gasteiger partial charge in [-0.25, -0.2) is 0 Å². The maximum atomic E-state index is 11.2. The van der Waals surface area contributed by atoms with Crippen molar-refractivity contribution >= 4 is 5.91 Å². The van der Waals surface area contributed by atoms with E-state index in [1.807, 2.05) is 0 Å². The Hall–Kier alpha value is -0.570. The Bertz CT molecular complexity index is 340. The molecule has 0 bridgehead atoms. The Morgan fingerprint density at radius 3 is 2.05 bits per heavy atom. The topological polar surface area (TPSA) is 55.1 Å². The van der Waals surface area contributed by atoms with Gasteiger partial charge in [-0.05, 0) is 62.7 Å². The van der Waals surface area contributed by atoms with Crippen LogP contribution in [-0.2, 0) is 4.79 Å². The van der Waals surface area contributed by atoms with E-state index in [1.165, 1.54) is 32.1 Å². The third kappa shape index (κ3) is 4.98. The van der Waals surface area contributed by atoms with Crippen LogP contribution < -0.4 is 11.1 Å². The summed E-state index contributed by atoms with van der Waals surface area (Å²) in [5.74, 6) is 0.897. The molecule has 2 aliphatic rings. The van der Waals surface area contributed by atoms with Gasteiger partial charge in [-0.15, -0.1) is 0 Å². The van der Waals surface area contributed by atoms with Crippen LogP contribution in [0.25, 0.3) is 0 Å². The second kappa shape index (κ2) is 7.13. The summed E-state index contributed by atoms with van der Waals surface area (Å²) in [7, 11) is 0. The van der Waals surface area contributed by atoms with Crippen LogP contribution in [0.4, 0.5) is 0 Å². The van der Waals surface area contributed by atoms with Crippen molar-refractivity contribution in [2.45, 2.75) is 90.6 Å². The third-order valence-electron chi connectivity index (χ3n) is 5.79. The van der Waals surface area contributed by atoms with E-state index in [0.717, 1.165) is 31.6 Å². The van der Waals surface area contributed by atoms with Crippen LogP contribution in [0.15, 0.2) is 0 Å². The standard InChI is InChI=1S/C18H34N2O/c1-18(2,3)14-5-4-6-15(12-9-14)20-16-10-7-13(8-11-16)17(19)21/h13-16,20H,4-12H2,1-3H3,(H2,19,21). The number of primary amides is 1. The number of nitrogens with one attached hydrogen (secondary N) is 1. The molecule has 2 aliphatic carbocycles. The lowest BCUT2D eigenvalue weighted by Crippen LogP contribution is -2.42. The summed E-state index contributed by atoms with van der Waals surface area (Å²) < 4.78 is 0. The van der Waals surface area contributed by atoms with Crippen molar-refractivity contribution in [1.82, 2.24) is 5.32 Å². The predicted molar refractivity (Wildman–Crippen MR) is 87.9 cm³/mol. The molecular formula is C18H34N2O. The van der Waals surface area contributed by atoms with Crippen LogP contribution in [-0.4, -0.2) is 18.0 Å². The number of amides is 1. The second-order valence-corrected chi connectivity index (χ2v) is 8.39. The van der Waals surface area contributed by atoms with Gasteiger partial charge < -0.3 is 11.1 Å². The Labute approximate surface area is 130 Å². The minimum atomic E-state index is -0.101. The van der Waals surface area contributed by atoms with Gasteiger partial charge in [0.2, 0.25) is 5.91 Å². The minimum Gasteiger partial charge on any atom is -0.369 e. The minimum absolute atomic E-state index is 0.101. The zero-order chi connectivity index (χ0) is 15.5. The largest absolute Gasteiger partial charge is 0.369 e. The molecule has 0 aromatic heterocycles. The average Bonchev–Trinajstić information content (AvgIpc) is 2.64. The molecule has 2 rings (SSSR count). The van der Waals surface area contributed by atoms with Gasteiger partial charge in [0.15, 0.2) is 0 Å². The van der Waals surface area contributed by atoms with E-state index in [4.69, 9.17) is 5.73 Å². The molecular weight excluding hydrogens is 260 g/mol. The van der Waals surface area contributed by atoms with E-state index in [1.54, 1.807) is 0 Å². The lowest BCUT2D eigenvalue weighted by Gasteiger charge is -2.31. The first-order valence-electron chi connectivity index (χ1n) is 8.91. The number of hydrogen-bond acceptors (Lipinski definition) is 2. The lowest BCUT2D eigenvalue weighted by molar-refractivity contribution is -0.122. The van der Waals surface area contributed by atoms with Gasteiger partial charge >= 0.3 is 0 Å². The van der Waals surface area contributed by atoms with Gasteiger partial charge in [0.25, 0.3) is 0 Å². The summed E-state index contributed by atoms with van der Waals surface area (Å²) in [5, 5.41) is 3.88. The van der Waals surface area contributed by atoms with Gasteiger partial charge in [0, 0.05) is 18.0 Å². The van der Waals surface area contributed by atoms with Crippen LogP contribution in [0, 0.1) is 17.3 Å². The molecule has 2 fully saturated rings. The van der Waals surface area contributed by atoms with Gasteiger partial charge in [-0.1, -0.05) is 27.2 Å².